The lowest BCUT2D eigenvalue weighted by atomic mass is 10.2. The number of aryl methyl sites for hydroxylation is 1. The molecule has 0 bridgehead atoms. The zero-order chi connectivity index (χ0) is 10.6. The van der Waals surface area contributed by atoms with Gasteiger partial charge >= 0.3 is 5.97 Å². The molecule has 1 heterocycles. The second-order valence-corrected chi connectivity index (χ2v) is 2.71. The highest BCUT2D eigenvalue weighted by Gasteiger charge is 2.15. The molecule has 0 aliphatic carbocycles. The van der Waals surface area contributed by atoms with Crippen LogP contribution in [-0.2, 0) is 16.1 Å². The Balaban J connectivity index is 2.74. The van der Waals surface area contributed by atoms with E-state index in [-0.39, 0.29) is 12.2 Å². The van der Waals surface area contributed by atoms with Crippen LogP contribution in [0.4, 0.5) is 0 Å². The van der Waals surface area contributed by atoms with Crippen molar-refractivity contribution in [3.05, 3.63) is 18.0 Å². The van der Waals surface area contributed by atoms with E-state index in [1.807, 2.05) is 6.92 Å². The number of carbonyl (C=O) groups excluding carboxylic acids is 2. The molecule has 5 heteroatoms. The fourth-order valence-electron chi connectivity index (χ4n) is 1.12. The van der Waals surface area contributed by atoms with Crippen molar-refractivity contribution in [3.63, 3.8) is 0 Å². The van der Waals surface area contributed by atoms with Gasteiger partial charge in [-0.2, -0.15) is 5.10 Å². The Morgan fingerprint density at radius 3 is 2.86 bits per heavy atom. The van der Waals surface area contributed by atoms with E-state index in [0.717, 1.165) is 0 Å². The van der Waals surface area contributed by atoms with Gasteiger partial charge in [0.05, 0.1) is 7.11 Å². The summed E-state index contributed by atoms with van der Waals surface area (Å²) >= 11 is 0. The topological polar surface area (TPSA) is 61.2 Å². The average Bonchev–Trinajstić information content (AvgIpc) is 2.65. The van der Waals surface area contributed by atoms with Crippen LogP contribution in [0.2, 0.25) is 0 Å². The monoisotopic (exact) mass is 196 g/mol. The molecule has 1 aromatic rings. The van der Waals surface area contributed by atoms with Gasteiger partial charge in [-0.05, 0) is 13.0 Å². The minimum absolute atomic E-state index is 0.234. The smallest absolute Gasteiger partial charge is 0.313 e. The number of methoxy groups -OCH3 is 1. The van der Waals surface area contributed by atoms with Gasteiger partial charge in [0.25, 0.3) is 0 Å². The molecular formula is C9H12N2O3. The quantitative estimate of drug-likeness (QED) is 0.403. The lowest BCUT2D eigenvalue weighted by molar-refractivity contribution is -0.139. The van der Waals surface area contributed by atoms with Crippen molar-refractivity contribution in [2.24, 2.45) is 0 Å². The maximum Gasteiger partial charge on any atom is 0.313 e. The molecule has 5 nitrogen and oxygen atoms in total. The Hall–Kier alpha value is -1.65. The van der Waals surface area contributed by atoms with Gasteiger partial charge in [-0.15, -0.1) is 0 Å². The lowest BCUT2D eigenvalue weighted by Gasteiger charge is -2.02. The van der Waals surface area contributed by atoms with E-state index in [4.69, 9.17) is 0 Å². The first kappa shape index (κ1) is 10.4. The second-order valence-electron chi connectivity index (χ2n) is 2.71. The third kappa shape index (κ3) is 2.18. The summed E-state index contributed by atoms with van der Waals surface area (Å²) in [5, 5.41) is 3.93. The van der Waals surface area contributed by atoms with Crippen LogP contribution < -0.4 is 0 Å². The Bertz CT molecular complexity index is 344. The molecule has 0 amide bonds. The van der Waals surface area contributed by atoms with Crippen molar-refractivity contribution in [2.75, 3.05) is 7.11 Å². The van der Waals surface area contributed by atoms with Crippen molar-refractivity contribution in [2.45, 2.75) is 19.9 Å². The number of nitrogens with zero attached hydrogens (tertiary/aromatic N) is 2. The molecule has 0 radical (unpaired) electrons. The largest absolute Gasteiger partial charge is 0.469 e. The number of ether oxygens (including phenoxy) is 1. The van der Waals surface area contributed by atoms with Gasteiger partial charge in [0, 0.05) is 12.7 Å². The molecule has 0 aromatic carbocycles. The Morgan fingerprint density at radius 1 is 1.57 bits per heavy atom. The van der Waals surface area contributed by atoms with Crippen molar-refractivity contribution >= 4 is 11.8 Å². The minimum Gasteiger partial charge on any atom is -0.469 e. The maximum atomic E-state index is 11.5. The summed E-state index contributed by atoms with van der Waals surface area (Å²) in [6, 6.07) is 1.59. The summed E-state index contributed by atoms with van der Waals surface area (Å²) in [6.07, 6.45) is 1.30. The van der Waals surface area contributed by atoms with Crippen molar-refractivity contribution in [3.8, 4) is 0 Å². The summed E-state index contributed by atoms with van der Waals surface area (Å²) in [5.41, 5.74) is 0.443. The summed E-state index contributed by atoms with van der Waals surface area (Å²) in [4.78, 5) is 22.3. The Labute approximate surface area is 81.7 Å². The van der Waals surface area contributed by atoms with E-state index in [0.29, 0.717) is 12.2 Å². The van der Waals surface area contributed by atoms with Gasteiger partial charge in [0.2, 0.25) is 0 Å². The number of hydrogen-bond acceptors (Lipinski definition) is 4. The van der Waals surface area contributed by atoms with E-state index in [1.165, 1.54) is 13.3 Å². The highest BCUT2D eigenvalue weighted by atomic mass is 16.5. The molecule has 0 aliphatic rings. The minimum atomic E-state index is -0.529. The SMILES string of the molecule is CCn1nccc1C(=O)CC(=O)OC. The fourth-order valence-corrected chi connectivity index (χ4v) is 1.12. The van der Waals surface area contributed by atoms with Crippen LogP contribution in [0.5, 0.6) is 0 Å². The van der Waals surface area contributed by atoms with Gasteiger partial charge in [-0.25, -0.2) is 0 Å². The van der Waals surface area contributed by atoms with Crippen LogP contribution in [0.25, 0.3) is 0 Å². The van der Waals surface area contributed by atoms with Crippen molar-refractivity contribution < 1.29 is 14.3 Å². The van der Waals surface area contributed by atoms with Gasteiger partial charge < -0.3 is 4.74 Å². The summed E-state index contributed by atoms with van der Waals surface area (Å²) in [5.74, 6) is -0.796. The molecule has 1 aromatic heterocycles. The molecule has 1 rings (SSSR count). The Morgan fingerprint density at radius 2 is 2.29 bits per heavy atom. The molecule has 0 aliphatic heterocycles. The molecule has 0 saturated carbocycles. The molecule has 0 fully saturated rings. The number of rotatable bonds is 4. The fraction of sp³-hybridized carbons (Fsp3) is 0.444. The van der Waals surface area contributed by atoms with Crippen LogP contribution in [0.15, 0.2) is 12.3 Å². The number of hydrogen-bond donors (Lipinski definition) is 0. The van der Waals surface area contributed by atoms with E-state index < -0.39 is 5.97 Å². The number of ketones is 1. The number of aromatic nitrogens is 2. The molecule has 0 N–H and O–H groups in total. The Kier molecular flexibility index (Phi) is 3.39. The molecule has 0 spiro atoms. The van der Waals surface area contributed by atoms with Gasteiger partial charge in [0.1, 0.15) is 12.1 Å². The first-order valence-electron chi connectivity index (χ1n) is 4.30. The third-order valence-electron chi connectivity index (χ3n) is 1.83. The van der Waals surface area contributed by atoms with E-state index in [2.05, 4.69) is 9.84 Å². The van der Waals surface area contributed by atoms with Crippen molar-refractivity contribution in [1.29, 1.82) is 0 Å². The van der Waals surface area contributed by atoms with Gasteiger partial charge in [0.15, 0.2) is 5.78 Å². The molecule has 0 saturated heterocycles. The van der Waals surface area contributed by atoms with Crippen molar-refractivity contribution in [1.82, 2.24) is 9.78 Å². The van der Waals surface area contributed by atoms with Gasteiger partial charge in [-0.3, -0.25) is 14.3 Å². The number of carbonyl (C=O) groups is 2. The average molecular weight is 196 g/mol. The third-order valence-corrected chi connectivity index (χ3v) is 1.83. The zero-order valence-electron chi connectivity index (χ0n) is 8.19. The van der Waals surface area contributed by atoms with Crippen LogP contribution in [-0.4, -0.2) is 28.6 Å². The van der Waals surface area contributed by atoms with Crippen LogP contribution in [0.1, 0.15) is 23.8 Å². The maximum absolute atomic E-state index is 11.5. The molecule has 0 unspecified atom stereocenters. The van der Waals surface area contributed by atoms with E-state index in [1.54, 1.807) is 10.7 Å². The summed E-state index contributed by atoms with van der Waals surface area (Å²) in [6.45, 7) is 2.48. The highest BCUT2D eigenvalue weighted by Crippen LogP contribution is 2.03. The second kappa shape index (κ2) is 4.55. The lowest BCUT2D eigenvalue weighted by Crippen LogP contribution is -2.14. The van der Waals surface area contributed by atoms with Crippen LogP contribution >= 0.6 is 0 Å². The number of esters is 1. The molecule has 14 heavy (non-hydrogen) atoms. The predicted octanol–water partition coefficient (Wildman–Crippen LogP) is 0.649. The van der Waals surface area contributed by atoms with Crippen LogP contribution in [0.3, 0.4) is 0 Å². The van der Waals surface area contributed by atoms with E-state index >= 15 is 0 Å². The van der Waals surface area contributed by atoms with E-state index in [9.17, 15) is 9.59 Å². The molecule has 0 atom stereocenters. The summed E-state index contributed by atoms with van der Waals surface area (Å²) < 4.78 is 5.95. The summed E-state index contributed by atoms with van der Waals surface area (Å²) in [7, 11) is 1.26. The highest BCUT2D eigenvalue weighted by molar-refractivity contribution is 6.04. The molecule has 76 valence electrons. The first-order valence-corrected chi connectivity index (χ1v) is 4.30. The zero-order valence-corrected chi connectivity index (χ0v) is 8.19. The molecular weight excluding hydrogens is 184 g/mol. The number of Topliss-reactive ketones (excluding diaryl/α,β-unsaturated/α-hetero) is 1. The normalized spacial score (nSPS) is 9.86. The first-order chi connectivity index (χ1) is 6.69. The van der Waals surface area contributed by atoms with Crippen LogP contribution in [0, 0.1) is 0 Å². The van der Waals surface area contributed by atoms with Gasteiger partial charge in [-0.1, -0.05) is 0 Å². The standard InChI is InChI=1S/C9H12N2O3/c1-3-11-7(4-5-10-11)8(12)6-9(13)14-2/h4-5H,3,6H2,1-2H3. The predicted molar refractivity (Wildman–Crippen MR) is 48.9 cm³/mol.